The first-order valence-corrected chi connectivity index (χ1v) is 20.3. The van der Waals surface area contributed by atoms with E-state index in [-0.39, 0.29) is 0 Å². The fourth-order valence-corrected chi connectivity index (χ4v) is 14.9. The van der Waals surface area contributed by atoms with Crippen molar-refractivity contribution >= 4 is 5.97 Å². The molecule has 0 spiro atoms. The van der Waals surface area contributed by atoms with E-state index in [1.807, 2.05) is 0 Å². The predicted molar refractivity (Wildman–Crippen MR) is 187 cm³/mol. The quantitative estimate of drug-likeness (QED) is 0.200. The Kier molecular flexibility index (Phi) is 9.68. The summed E-state index contributed by atoms with van der Waals surface area (Å²) in [7, 11) is 0. The minimum Gasteiger partial charge on any atom is -0.454 e. The Bertz CT molecular complexity index is 1270. The molecule has 0 aromatic rings. The molecule has 7 aliphatic rings. The van der Waals surface area contributed by atoms with Gasteiger partial charge in [-0.2, -0.15) is 0 Å². The first-order valence-electron chi connectivity index (χ1n) is 20.3. The predicted octanol–water partition coefficient (Wildman–Crippen LogP) is 5.37. The van der Waals surface area contributed by atoms with Crippen molar-refractivity contribution in [2.45, 2.75) is 181 Å². The van der Waals surface area contributed by atoms with E-state index >= 15 is 0 Å². The van der Waals surface area contributed by atoms with Gasteiger partial charge in [-0.25, -0.2) is 4.79 Å². The molecule has 286 valence electrons. The van der Waals surface area contributed by atoms with Crippen LogP contribution in [0.1, 0.15) is 132 Å². The highest BCUT2D eigenvalue weighted by molar-refractivity contribution is 5.78. The summed E-state index contributed by atoms with van der Waals surface area (Å²) in [6.45, 7) is 17.8. The minimum atomic E-state index is -1.44. The SMILES string of the molecule is C[C@@H](CCC(O)C(O)C(O)CO[C@@H]1OC2C(=O)OC(C1O)[C@H]2O)C1CC[C@@]2(C)C1CC[C@]1(C)C2CCC2[C@@]3(C)CCCC(C)(C)C3CC[C@]21C. The molecule has 9 nitrogen and oxygen atoms in total. The number of esters is 1. The summed E-state index contributed by atoms with van der Waals surface area (Å²) in [6, 6.07) is 0. The highest BCUT2D eigenvalue weighted by Crippen LogP contribution is 2.78. The van der Waals surface area contributed by atoms with Gasteiger partial charge in [-0.3, -0.25) is 0 Å². The van der Waals surface area contributed by atoms with Crippen LogP contribution in [-0.2, 0) is 19.0 Å². The van der Waals surface area contributed by atoms with Crippen molar-refractivity contribution < 1.29 is 44.5 Å². The smallest absolute Gasteiger partial charge is 0.338 e. The number of ether oxygens (including phenoxy) is 3. The Balaban J connectivity index is 0.947. The summed E-state index contributed by atoms with van der Waals surface area (Å²) < 4.78 is 15.8. The molecule has 5 saturated carbocycles. The molecule has 2 saturated heterocycles. The molecule has 2 bridgehead atoms. The second-order valence-corrected chi connectivity index (χ2v) is 20.1. The second kappa shape index (κ2) is 12.9. The fourth-order valence-electron chi connectivity index (χ4n) is 14.9. The Morgan fingerprint density at radius 3 is 2.12 bits per heavy atom. The average molecular weight is 705 g/mol. The van der Waals surface area contributed by atoms with E-state index in [2.05, 4.69) is 48.5 Å². The van der Waals surface area contributed by atoms with Gasteiger partial charge in [0, 0.05) is 0 Å². The van der Waals surface area contributed by atoms with Crippen molar-refractivity contribution in [2.24, 2.45) is 62.6 Å². The van der Waals surface area contributed by atoms with E-state index in [9.17, 15) is 30.3 Å². The van der Waals surface area contributed by atoms with Crippen LogP contribution in [0.4, 0.5) is 0 Å². The molecular weight excluding hydrogens is 636 g/mol. The van der Waals surface area contributed by atoms with Gasteiger partial charge in [0.1, 0.15) is 24.4 Å². The van der Waals surface area contributed by atoms with Gasteiger partial charge < -0.3 is 39.7 Å². The molecule has 11 unspecified atom stereocenters. The van der Waals surface area contributed by atoms with E-state index in [1.54, 1.807) is 0 Å². The zero-order chi connectivity index (χ0) is 36.2. The molecule has 0 aromatic heterocycles. The van der Waals surface area contributed by atoms with Gasteiger partial charge in [-0.1, -0.05) is 54.9 Å². The summed E-state index contributed by atoms with van der Waals surface area (Å²) >= 11 is 0. The Morgan fingerprint density at radius 1 is 0.760 bits per heavy atom. The van der Waals surface area contributed by atoms with Crippen LogP contribution < -0.4 is 0 Å². The number of carbonyl (C=O) groups excluding carboxylic acids is 1. The molecule has 18 atom stereocenters. The van der Waals surface area contributed by atoms with Crippen molar-refractivity contribution in [1.82, 2.24) is 0 Å². The molecule has 5 N–H and O–H groups in total. The van der Waals surface area contributed by atoms with E-state index in [0.29, 0.717) is 51.2 Å². The van der Waals surface area contributed by atoms with Crippen LogP contribution in [-0.4, -0.2) is 87.1 Å². The van der Waals surface area contributed by atoms with Crippen LogP contribution in [0.2, 0.25) is 0 Å². The molecule has 5 aliphatic carbocycles. The zero-order valence-electron chi connectivity index (χ0n) is 31.9. The minimum absolute atomic E-state index is 0.339. The lowest BCUT2D eigenvalue weighted by Crippen LogP contribution is -2.65. The first kappa shape index (κ1) is 37.5. The van der Waals surface area contributed by atoms with Crippen LogP contribution in [0.15, 0.2) is 0 Å². The molecule has 0 aromatic carbocycles. The van der Waals surface area contributed by atoms with Crippen molar-refractivity contribution in [2.75, 3.05) is 6.61 Å². The fraction of sp³-hybridized carbons (Fsp3) is 0.976. The van der Waals surface area contributed by atoms with Gasteiger partial charge in [0.25, 0.3) is 0 Å². The Morgan fingerprint density at radius 2 is 1.42 bits per heavy atom. The molecule has 50 heavy (non-hydrogen) atoms. The van der Waals surface area contributed by atoms with Crippen molar-refractivity contribution in [3.05, 3.63) is 0 Å². The van der Waals surface area contributed by atoms with Crippen molar-refractivity contribution in [1.29, 1.82) is 0 Å². The third kappa shape index (κ3) is 5.51. The third-order valence-electron chi connectivity index (χ3n) is 17.7. The topological polar surface area (TPSA) is 146 Å². The summed E-state index contributed by atoms with van der Waals surface area (Å²) in [5, 5.41) is 52.8. The van der Waals surface area contributed by atoms with Crippen LogP contribution in [0.3, 0.4) is 0 Å². The monoisotopic (exact) mass is 704 g/mol. The number of rotatable bonds is 9. The van der Waals surface area contributed by atoms with Gasteiger partial charge in [-0.15, -0.1) is 0 Å². The van der Waals surface area contributed by atoms with Crippen LogP contribution in [0.5, 0.6) is 0 Å². The summed E-state index contributed by atoms with van der Waals surface area (Å²) in [4.78, 5) is 11.8. The van der Waals surface area contributed by atoms with Gasteiger partial charge >= 0.3 is 5.97 Å². The molecule has 2 aliphatic heterocycles. The second-order valence-electron chi connectivity index (χ2n) is 20.1. The van der Waals surface area contributed by atoms with Crippen molar-refractivity contribution in [3.63, 3.8) is 0 Å². The molecule has 7 fully saturated rings. The van der Waals surface area contributed by atoms with E-state index in [4.69, 9.17) is 14.2 Å². The van der Waals surface area contributed by atoms with Crippen molar-refractivity contribution in [3.8, 4) is 0 Å². The highest BCUT2D eigenvalue weighted by Gasteiger charge is 2.70. The molecular formula is C41H68O9. The van der Waals surface area contributed by atoms with Crippen LogP contribution in [0.25, 0.3) is 0 Å². The lowest BCUT2D eigenvalue weighted by Gasteiger charge is -2.73. The Labute approximate surface area is 300 Å². The van der Waals surface area contributed by atoms with Gasteiger partial charge in [0.15, 0.2) is 18.5 Å². The summed E-state index contributed by atoms with van der Waals surface area (Å²) in [6.07, 6.45) is 5.55. The summed E-state index contributed by atoms with van der Waals surface area (Å²) in [5.41, 5.74) is 2.02. The maximum Gasteiger partial charge on any atom is 0.338 e. The molecule has 2 heterocycles. The lowest BCUT2D eigenvalue weighted by atomic mass is 9.32. The van der Waals surface area contributed by atoms with E-state index in [0.717, 1.165) is 24.2 Å². The number of hydrogen-bond donors (Lipinski definition) is 5. The number of aliphatic hydroxyl groups excluding tert-OH is 5. The van der Waals surface area contributed by atoms with Crippen LogP contribution >= 0.6 is 0 Å². The van der Waals surface area contributed by atoms with Gasteiger partial charge in [-0.05, 0) is 140 Å². The van der Waals surface area contributed by atoms with E-state index < -0.39 is 61.6 Å². The largest absolute Gasteiger partial charge is 0.454 e. The van der Waals surface area contributed by atoms with Gasteiger partial charge in [0.2, 0.25) is 0 Å². The molecule has 7 rings (SSSR count). The maximum absolute atomic E-state index is 11.8. The number of hydrogen-bond acceptors (Lipinski definition) is 9. The normalized spacial score (nSPS) is 51.7. The Hall–Kier alpha value is -0.810. The highest BCUT2D eigenvalue weighted by atomic mass is 16.7. The molecule has 9 heteroatoms. The number of carbonyl (C=O) groups is 1. The standard InChI is InChI=1S/C41H68O9/c1-22(9-10-25(42)30(44)26(43)21-48-36-32(46)33-31(45)34(50-36)35(47)49-33)23-13-18-38(4)24(23)14-19-40(6)28(38)11-12-29-39(5)17-8-16-37(2,3)27(39)15-20-41(29,40)7/h22-34,36,42-46H,8-21H2,1-7H3/t22-,23?,24?,25?,26?,27?,28?,29?,30?,31+,32?,33?,34?,36+,38-,39-,40+,41+/m0/s1. The lowest BCUT2D eigenvalue weighted by molar-refractivity contribution is -0.270. The number of fused-ring (bicyclic) bond motifs is 9. The summed E-state index contributed by atoms with van der Waals surface area (Å²) in [5.74, 6) is 3.33. The number of aliphatic hydroxyl groups is 5. The first-order chi connectivity index (χ1) is 23.4. The van der Waals surface area contributed by atoms with Gasteiger partial charge in [0.05, 0.1) is 12.7 Å². The van der Waals surface area contributed by atoms with Crippen LogP contribution in [0, 0.1) is 62.6 Å². The van der Waals surface area contributed by atoms with E-state index in [1.165, 1.54) is 70.6 Å². The maximum atomic E-state index is 11.8. The molecule has 0 radical (unpaired) electrons. The average Bonchev–Trinajstić information content (AvgIpc) is 3.50. The molecule has 0 amide bonds. The third-order valence-corrected chi connectivity index (χ3v) is 17.7. The zero-order valence-corrected chi connectivity index (χ0v) is 31.9.